The van der Waals surface area contributed by atoms with Crippen LogP contribution < -0.4 is 0 Å². The van der Waals surface area contributed by atoms with E-state index in [4.69, 9.17) is 11.6 Å². The van der Waals surface area contributed by atoms with Gasteiger partial charge in [-0.05, 0) is 11.6 Å². The smallest absolute Gasteiger partial charge is 0.229 e. The number of rotatable bonds is 1. The molecule has 0 atom stereocenters. The van der Waals surface area contributed by atoms with Gasteiger partial charge in [0.1, 0.15) is 12.0 Å². The molecule has 0 aliphatic heterocycles. The molecule has 0 fully saturated rings. The molecule has 0 radical (unpaired) electrons. The molecule has 3 nitrogen and oxygen atoms in total. The van der Waals surface area contributed by atoms with Crippen LogP contribution in [0.4, 0.5) is 22.0 Å². The number of hydrogen-bond acceptors (Lipinski definition) is 2. The Balaban J connectivity index is 2.84. The molecule has 1 aromatic heterocycles. The average Bonchev–Trinajstić information content (AvgIpc) is 2.71. The molecule has 0 spiro atoms. The van der Waals surface area contributed by atoms with Gasteiger partial charge in [0.2, 0.25) is 11.1 Å². The first-order valence-corrected chi connectivity index (χ1v) is 4.40. The van der Waals surface area contributed by atoms with Crippen molar-refractivity contribution in [2.45, 2.75) is 0 Å². The van der Waals surface area contributed by atoms with E-state index in [9.17, 15) is 22.0 Å². The van der Waals surface area contributed by atoms with Crippen LogP contribution in [-0.2, 0) is 0 Å². The van der Waals surface area contributed by atoms with E-state index in [0.29, 0.717) is 4.57 Å². The van der Waals surface area contributed by atoms with Crippen LogP contribution in [0.3, 0.4) is 0 Å². The highest BCUT2D eigenvalue weighted by molar-refractivity contribution is 6.28. The van der Waals surface area contributed by atoms with Crippen LogP contribution in [-0.4, -0.2) is 14.8 Å². The second-order valence-electron chi connectivity index (χ2n) is 2.89. The van der Waals surface area contributed by atoms with E-state index in [-0.39, 0.29) is 0 Å². The van der Waals surface area contributed by atoms with E-state index in [1.165, 1.54) is 0 Å². The Labute approximate surface area is 95.4 Å². The summed E-state index contributed by atoms with van der Waals surface area (Å²) in [5.41, 5.74) is -1.23. The van der Waals surface area contributed by atoms with Crippen molar-refractivity contribution in [3.8, 4) is 5.69 Å². The van der Waals surface area contributed by atoms with E-state index in [1.807, 2.05) is 0 Å². The first-order chi connectivity index (χ1) is 7.95. The van der Waals surface area contributed by atoms with Crippen LogP contribution in [0.15, 0.2) is 6.33 Å². The predicted molar refractivity (Wildman–Crippen MR) is 46.2 cm³/mol. The molecule has 0 aliphatic carbocycles. The first kappa shape index (κ1) is 11.8. The van der Waals surface area contributed by atoms with E-state index in [0.717, 1.165) is 6.33 Å². The fourth-order valence-electron chi connectivity index (χ4n) is 1.18. The Morgan fingerprint density at radius 1 is 0.882 bits per heavy atom. The summed E-state index contributed by atoms with van der Waals surface area (Å²) in [4.78, 5) is 0. The maximum Gasteiger partial charge on any atom is 0.229 e. The summed E-state index contributed by atoms with van der Waals surface area (Å²) in [7, 11) is 0. The Hall–Kier alpha value is -1.70. The highest BCUT2D eigenvalue weighted by Crippen LogP contribution is 2.27. The van der Waals surface area contributed by atoms with Crippen LogP contribution in [0.2, 0.25) is 5.28 Å². The monoisotopic (exact) mass is 269 g/mol. The molecule has 2 rings (SSSR count). The molecule has 2 aromatic rings. The van der Waals surface area contributed by atoms with Gasteiger partial charge in [0.25, 0.3) is 0 Å². The molecule has 0 unspecified atom stereocenters. The summed E-state index contributed by atoms with van der Waals surface area (Å²) in [5, 5.41) is 5.80. The predicted octanol–water partition coefficient (Wildman–Crippen LogP) is 2.62. The molecular weight excluding hydrogens is 269 g/mol. The molecule has 90 valence electrons. The maximum atomic E-state index is 13.3. The molecule has 0 N–H and O–H groups in total. The lowest BCUT2D eigenvalue weighted by molar-refractivity contribution is 0.375. The molecule has 0 saturated heterocycles. The van der Waals surface area contributed by atoms with Gasteiger partial charge in [0.05, 0.1) is 0 Å². The second kappa shape index (κ2) is 3.95. The largest absolute Gasteiger partial charge is 0.266 e. The van der Waals surface area contributed by atoms with Gasteiger partial charge < -0.3 is 0 Å². The van der Waals surface area contributed by atoms with Gasteiger partial charge in [-0.1, -0.05) is 0 Å². The van der Waals surface area contributed by atoms with Crippen LogP contribution in [0.25, 0.3) is 5.69 Å². The van der Waals surface area contributed by atoms with E-state index < -0.39 is 40.1 Å². The average molecular weight is 270 g/mol. The Kier molecular flexibility index (Phi) is 2.74. The minimum absolute atomic E-state index is 0.442. The molecule has 9 heteroatoms. The topological polar surface area (TPSA) is 30.7 Å². The van der Waals surface area contributed by atoms with Gasteiger partial charge in [-0.2, -0.15) is 0 Å². The minimum Gasteiger partial charge on any atom is -0.266 e. The van der Waals surface area contributed by atoms with Crippen molar-refractivity contribution in [1.29, 1.82) is 0 Å². The van der Waals surface area contributed by atoms with Gasteiger partial charge in [0, 0.05) is 0 Å². The molecule has 0 aliphatic rings. The minimum atomic E-state index is -2.24. The Morgan fingerprint density at radius 3 is 1.76 bits per heavy atom. The fourth-order valence-corrected chi connectivity index (χ4v) is 1.35. The highest BCUT2D eigenvalue weighted by Gasteiger charge is 2.27. The summed E-state index contributed by atoms with van der Waals surface area (Å²) in [5.74, 6) is -10.4. The highest BCUT2D eigenvalue weighted by atomic mass is 35.5. The number of halogens is 6. The molecule has 1 aromatic carbocycles. The molecular formula is C8HClF5N3. The van der Waals surface area contributed by atoms with Crippen LogP contribution in [0.1, 0.15) is 0 Å². The standard InChI is InChI=1S/C8HClF5N3/c9-8-16-15-1-17(8)7-5(13)3(11)2(10)4(12)6(7)14/h1H. The maximum absolute atomic E-state index is 13.3. The lowest BCUT2D eigenvalue weighted by Crippen LogP contribution is -2.09. The third-order valence-corrected chi connectivity index (χ3v) is 2.19. The third kappa shape index (κ3) is 1.64. The zero-order valence-electron chi connectivity index (χ0n) is 7.69. The lowest BCUT2D eigenvalue weighted by Gasteiger charge is -2.08. The number of aromatic nitrogens is 3. The Bertz CT molecular complexity index is 568. The Morgan fingerprint density at radius 2 is 1.35 bits per heavy atom. The normalized spacial score (nSPS) is 10.9. The number of hydrogen-bond donors (Lipinski definition) is 0. The van der Waals surface area contributed by atoms with E-state index in [1.54, 1.807) is 0 Å². The summed E-state index contributed by atoms with van der Waals surface area (Å²) in [6, 6.07) is 0. The first-order valence-electron chi connectivity index (χ1n) is 4.02. The molecule has 0 saturated carbocycles. The van der Waals surface area contributed by atoms with E-state index >= 15 is 0 Å². The fraction of sp³-hybridized carbons (Fsp3) is 0. The van der Waals surface area contributed by atoms with E-state index in [2.05, 4.69) is 10.2 Å². The molecule has 17 heavy (non-hydrogen) atoms. The zero-order chi connectivity index (χ0) is 12.7. The molecule has 1 heterocycles. The van der Waals surface area contributed by atoms with Crippen LogP contribution in [0.5, 0.6) is 0 Å². The lowest BCUT2D eigenvalue weighted by atomic mass is 10.2. The van der Waals surface area contributed by atoms with Gasteiger partial charge in [0.15, 0.2) is 23.3 Å². The van der Waals surface area contributed by atoms with Crippen LogP contribution >= 0.6 is 11.6 Å². The third-order valence-electron chi connectivity index (χ3n) is 1.93. The van der Waals surface area contributed by atoms with Gasteiger partial charge in [-0.15, -0.1) is 10.2 Å². The summed E-state index contributed by atoms with van der Waals surface area (Å²) in [6.07, 6.45) is 0.723. The quantitative estimate of drug-likeness (QED) is 0.453. The van der Waals surface area contributed by atoms with Gasteiger partial charge in [-0.25, -0.2) is 22.0 Å². The van der Waals surface area contributed by atoms with Gasteiger partial charge in [-0.3, -0.25) is 4.57 Å². The second-order valence-corrected chi connectivity index (χ2v) is 3.23. The SMILES string of the molecule is Fc1c(F)c(F)c(-n2cnnc2Cl)c(F)c1F. The molecule has 0 bridgehead atoms. The van der Waals surface area contributed by atoms with Crippen molar-refractivity contribution >= 4 is 11.6 Å². The summed E-state index contributed by atoms with van der Waals surface area (Å²) < 4.78 is 65.5. The van der Waals surface area contributed by atoms with Crippen molar-refractivity contribution < 1.29 is 22.0 Å². The molecule has 0 amide bonds. The van der Waals surface area contributed by atoms with Crippen LogP contribution in [0, 0.1) is 29.1 Å². The van der Waals surface area contributed by atoms with Crippen molar-refractivity contribution in [2.75, 3.05) is 0 Å². The number of benzene rings is 1. The van der Waals surface area contributed by atoms with Crippen molar-refractivity contribution in [3.63, 3.8) is 0 Å². The number of nitrogens with zero attached hydrogens (tertiary/aromatic N) is 3. The summed E-state index contributed by atoms with van der Waals surface area (Å²) >= 11 is 5.38. The summed E-state index contributed by atoms with van der Waals surface area (Å²) in [6.45, 7) is 0. The van der Waals surface area contributed by atoms with Crippen molar-refractivity contribution in [1.82, 2.24) is 14.8 Å². The van der Waals surface area contributed by atoms with Gasteiger partial charge >= 0.3 is 0 Å². The van der Waals surface area contributed by atoms with Crippen molar-refractivity contribution in [3.05, 3.63) is 40.7 Å². The van der Waals surface area contributed by atoms with Crippen molar-refractivity contribution in [2.24, 2.45) is 0 Å². The zero-order valence-corrected chi connectivity index (χ0v) is 8.44.